The van der Waals surface area contributed by atoms with E-state index in [1.54, 1.807) is 0 Å². The molecule has 0 radical (unpaired) electrons. The first-order valence-electron chi connectivity index (χ1n) is 15.8. The summed E-state index contributed by atoms with van der Waals surface area (Å²) in [6, 6.07) is 4.09. The van der Waals surface area contributed by atoms with Crippen molar-refractivity contribution in [2.24, 2.45) is 0 Å². The van der Waals surface area contributed by atoms with Crippen LogP contribution in [0.25, 0.3) is 0 Å². The van der Waals surface area contributed by atoms with Crippen molar-refractivity contribution in [2.45, 2.75) is 136 Å². The van der Waals surface area contributed by atoms with E-state index in [0.717, 1.165) is 72.5 Å². The summed E-state index contributed by atoms with van der Waals surface area (Å²) in [5.74, 6) is -0.367. The molecule has 1 aromatic carbocycles. The SMILES string of the molecule is CCCCOCC1O[C@H]([C@@H](OC(C)=O)c2c(C)cc(Br)cc2C)C(OCCCC)[C@@H](OCCCC)[C@@H]1OCCCC. The molecule has 1 fully saturated rings. The Kier molecular flexibility index (Phi) is 17.7. The van der Waals surface area contributed by atoms with E-state index in [0.29, 0.717) is 33.0 Å². The smallest absolute Gasteiger partial charge is 0.303 e. The van der Waals surface area contributed by atoms with E-state index in [4.69, 9.17) is 28.4 Å². The van der Waals surface area contributed by atoms with E-state index < -0.39 is 30.5 Å². The van der Waals surface area contributed by atoms with Crippen molar-refractivity contribution in [3.05, 3.63) is 33.3 Å². The summed E-state index contributed by atoms with van der Waals surface area (Å²) in [5.41, 5.74) is 2.96. The van der Waals surface area contributed by atoms with Gasteiger partial charge < -0.3 is 28.4 Å². The van der Waals surface area contributed by atoms with Crippen molar-refractivity contribution in [3.8, 4) is 0 Å². The van der Waals surface area contributed by atoms with Crippen molar-refractivity contribution in [1.29, 1.82) is 0 Å². The van der Waals surface area contributed by atoms with Gasteiger partial charge in [-0.15, -0.1) is 0 Å². The molecule has 1 aliphatic rings. The Hall–Kier alpha value is -1.03. The zero-order chi connectivity index (χ0) is 30.2. The first kappa shape index (κ1) is 36.2. The maximum Gasteiger partial charge on any atom is 0.303 e. The summed E-state index contributed by atoms with van der Waals surface area (Å²) in [4.78, 5) is 12.6. The van der Waals surface area contributed by atoms with Gasteiger partial charge >= 0.3 is 5.97 Å². The molecule has 236 valence electrons. The Morgan fingerprint density at radius 1 is 0.805 bits per heavy atom. The molecule has 0 bridgehead atoms. The average Bonchev–Trinajstić information content (AvgIpc) is 2.91. The Morgan fingerprint density at radius 2 is 1.29 bits per heavy atom. The molecule has 2 rings (SSSR count). The minimum absolute atomic E-state index is 0.367. The number of carbonyl (C=O) groups excluding carboxylic acids is 1. The molecule has 41 heavy (non-hydrogen) atoms. The fourth-order valence-electron chi connectivity index (χ4n) is 5.28. The maximum absolute atomic E-state index is 12.6. The molecule has 0 spiro atoms. The summed E-state index contributed by atoms with van der Waals surface area (Å²) in [6.07, 6.45) is 4.91. The molecule has 1 aromatic rings. The minimum atomic E-state index is -0.681. The van der Waals surface area contributed by atoms with Gasteiger partial charge in [0.15, 0.2) is 6.10 Å². The minimum Gasteiger partial charge on any atom is -0.455 e. The van der Waals surface area contributed by atoms with Crippen LogP contribution in [0.1, 0.15) is 109 Å². The molecular formula is C33H55BrO7. The van der Waals surface area contributed by atoms with Crippen LogP contribution in [0, 0.1) is 13.8 Å². The van der Waals surface area contributed by atoms with Gasteiger partial charge in [0, 0.05) is 43.4 Å². The van der Waals surface area contributed by atoms with Crippen LogP contribution in [0.4, 0.5) is 0 Å². The molecule has 0 saturated carbocycles. The second kappa shape index (κ2) is 20.0. The van der Waals surface area contributed by atoms with Crippen molar-refractivity contribution in [3.63, 3.8) is 0 Å². The van der Waals surface area contributed by atoms with Crippen LogP contribution < -0.4 is 0 Å². The Morgan fingerprint density at radius 3 is 1.80 bits per heavy atom. The van der Waals surface area contributed by atoms with E-state index in [9.17, 15) is 4.79 Å². The normalized spacial score (nSPS) is 23.5. The lowest BCUT2D eigenvalue weighted by Gasteiger charge is -2.48. The number of esters is 1. The Balaban J connectivity index is 2.62. The molecule has 6 atom stereocenters. The van der Waals surface area contributed by atoms with Crippen molar-refractivity contribution >= 4 is 21.9 Å². The van der Waals surface area contributed by atoms with Gasteiger partial charge in [-0.2, -0.15) is 0 Å². The third-order valence-corrected chi connectivity index (χ3v) is 7.91. The van der Waals surface area contributed by atoms with Crippen LogP contribution in [-0.2, 0) is 33.2 Å². The van der Waals surface area contributed by atoms with E-state index in [2.05, 4.69) is 43.6 Å². The summed E-state index contributed by atoms with van der Waals surface area (Å²) in [6.45, 7) is 16.9. The lowest BCUT2D eigenvalue weighted by Crippen LogP contribution is -2.63. The zero-order valence-electron chi connectivity index (χ0n) is 26.5. The van der Waals surface area contributed by atoms with Crippen LogP contribution in [0.2, 0.25) is 0 Å². The highest BCUT2D eigenvalue weighted by molar-refractivity contribution is 9.10. The van der Waals surface area contributed by atoms with Gasteiger partial charge in [0.05, 0.1) is 6.61 Å². The van der Waals surface area contributed by atoms with Gasteiger partial charge in [-0.05, 0) is 62.8 Å². The number of benzene rings is 1. The maximum atomic E-state index is 12.6. The average molecular weight is 644 g/mol. The summed E-state index contributed by atoms with van der Waals surface area (Å²) < 4.78 is 39.9. The highest BCUT2D eigenvalue weighted by Gasteiger charge is 2.52. The van der Waals surface area contributed by atoms with Crippen LogP contribution in [0.15, 0.2) is 16.6 Å². The van der Waals surface area contributed by atoms with Crippen LogP contribution in [-0.4, -0.2) is 69.5 Å². The van der Waals surface area contributed by atoms with E-state index in [-0.39, 0.29) is 12.1 Å². The molecule has 2 unspecified atom stereocenters. The Bertz CT molecular complexity index is 856. The molecule has 1 saturated heterocycles. The number of aryl methyl sites for hydroxylation is 2. The zero-order valence-corrected chi connectivity index (χ0v) is 28.1. The number of carbonyl (C=O) groups is 1. The monoisotopic (exact) mass is 642 g/mol. The predicted octanol–water partition coefficient (Wildman–Crippen LogP) is 7.81. The van der Waals surface area contributed by atoms with Crippen LogP contribution >= 0.6 is 15.9 Å². The van der Waals surface area contributed by atoms with Crippen molar-refractivity contribution in [2.75, 3.05) is 33.0 Å². The van der Waals surface area contributed by atoms with Gasteiger partial charge in [0.2, 0.25) is 0 Å². The topological polar surface area (TPSA) is 72.5 Å². The highest BCUT2D eigenvalue weighted by atomic mass is 79.9. The fraction of sp³-hybridized carbons (Fsp3) is 0.788. The molecule has 0 aromatic heterocycles. The summed E-state index contributed by atoms with van der Waals surface area (Å²) in [7, 11) is 0. The van der Waals surface area contributed by atoms with Crippen molar-refractivity contribution in [1.82, 2.24) is 0 Å². The Labute approximate surface area is 257 Å². The van der Waals surface area contributed by atoms with Gasteiger partial charge in [-0.25, -0.2) is 0 Å². The third-order valence-electron chi connectivity index (χ3n) is 7.45. The highest BCUT2D eigenvalue weighted by Crippen LogP contribution is 2.40. The van der Waals surface area contributed by atoms with Gasteiger partial charge in [-0.1, -0.05) is 69.3 Å². The van der Waals surface area contributed by atoms with Crippen molar-refractivity contribution < 1.29 is 33.2 Å². The van der Waals surface area contributed by atoms with Gasteiger partial charge in [0.25, 0.3) is 0 Å². The molecule has 0 amide bonds. The van der Waals surface area contributed by atoms with E-state index >= 15 is 0 Å². The molecule has 7 nitrogen and oxygen atoms in total. The summed E-state index contributed by atoms with van der Waals surface area (Å²) in [5, 5.41) is 0. The first-order valence-corrected chi connectivity index (χ1v) is 16.6. The number of unbranched alkanes of at least 4 members (excludes halogenated alkanes) is 4. The van der Waals surface area contributed by atoms with Gasteiger partial charge in [0.1, 0.15) is 30.5 Å². The molecular weight excluding hydrogens is 588 g/mol. The predicted molar refractivity (Wildman–Crippen MR) is 166 cm³/mol. The lowest BCUT2D eigenvalue weighted by molar-refractivity contribution is -0.283. The molecule has 8 heteroatoms. The number of ether oxygens (including phenoxy) is 6. The standard InChI is InChI=1S/C33H55BrO7/c1-8-12-16-36-22-27-29(37-17-13-9-2)31(38-18-14-10-3)32(39-19-15-11-4)33(41-27)30(40-25(7)35)28-23(5)20-26(34)21-24(28)6/h20-21,27,29-33H,8-19,22H2,1-7H3/t27?,29-,30+,31+,32?,33-/m1/s1. The molecule has 0 N–H and O–H groups in total. The van der Waals surface area contributed by atoms with Crippen LogP contribution in [0.5, 0.6) is 0 Å². The van der Waals surface area contributed by atoms with Gasteiger partial charge in [-0.3, -0.25) is 4.79 Å². The number of hydrogen-bond donors (Lipinski definition) is 0. The largest absolute Gasteiger partial charge is 0.455 e. The van der Waals surface area contributed by atoms with Crippen LogP contribution in [0.3, 0.4) is 0 Å². The second-order valence-corrected chi connectivity index (χ2v) is 12.0. The fourth-order valence-corrected chi connectivity index (χ4v) is 5.97. The third kappa shape index (κ3) is 11.5. The van der Waals surface area contributed by atoms with E-state index in [1.807, 2.05) is 26.0 Å². The summed E-state index contributed by atoms with van der Waals surface area (Å²) >= 11 is 3.61. The second-order valence-electron chi connectivity index (χ2n) is 11.1. The van der Waals surface area contributed by atoms with E-state index in [1.165, 1.54) is 6.92 Å². The molecule has 0 aliphatic carbocycles. The molecule has 1 aliphatic heterocycles. The number of halogens is 1. The number of rotatable bonds is 20. The number of hydrogen-bond acceptors (Lipinski definition) is 7. The lowest BCUT2D eigenvalue weighted by atomic mass is 9.86. The first-order chi connectivity index (χ1) is 19.8. The quantitative estimate of drug-likeness (QED) is 0.106. The molecule has 1 heterocycles.